The van der Waals surface area contributed by atoms with E-state index >= 15 is 0 Å². The minimum atomic E-state index is -0.574. The van der Waals surface area contributed by atoms with Gasteiger partial charge in [-0.25, -0.2) is 9.18 Å². The molecule has 0 unspecified atom stereocenters. The number of nitrogens with zero attached hydrogens (tertiary/aromatic N) is 2. The summed E-state index contributed by atoms with van der Waals surface area (Å²) in [4.78, 5) is 25.6. The lowest BCUT2D eigenvalue weighted by atomic mass is 10.1. The average molecular weight is 352 g/mol. The van der Waals surface area contributed by atoms with Crippen molar-refractivity contribution in [2.24, 2.45) is 0 Å². The van der Waals surface area contributed by atoms with E-state index in [1.165, 1.54) is 18.2 Å². The molecule has 6 heteroatoms. The Morgan fingerprint density at radius 2 is 2.00 bits per heavy atom. The highest BCUT2D eigenvalue weighted by atomic mass is 19.1. The molecular formula is C20H17FN2O3. The van der Waals surface area contributed by atoms with E-state index in [9.17, 15) is 14.0 Å². The van der Waals surface area contributed by atoms with Gasteiger partial charge >= 0.3 is 5.97 Å². The van der Waals surface area contributed by atoms with Crippen LogP contribution in [0.4, 0.5) is 4.39 Å². The van der Waals surface area contributed by atoms with Gasteiger partial charge < -0.3 is 9.64 Å². The maximum absolute atomic E-state index is 13.7. The summed E-state index contributed by atoms with van der Waals surface area (Å²) in [5.41, 5.74) is 1.74. The van der Waals surface area contributed by atoms with Crippen LogP contribution >= 0.6 is 0 Å². The first-order valence-corrected chi connectivity index (χ1v) is 8.29. The van der Waals surface area contributed by atoms with Gasteiger partial charge in [0, 0.05) is 25.1 Å². The Labute approximate surface area is 150 Å². The molecule has 0 aromatic heterocycles. The van der Waals surface area contributed by atoms with Crippen LogP contribution in [0.2, 0.25) is 0 Å². The topological polar surface area (TPSA) is 70.4 Å². The second-order valence-electron chi connectivity index (χ2n) is 6.11. The fourth-order valence-corrected chi connectivity index (χ4v) is 2.82. The van der Waals surface area contributed by atoms with Crippen molar-refractivity contribution < 1.29 is 18.7 Å². The van der Waals surface area contributed by atoms with Gasteiger partial charge in [-0.1, -0.05) is 12.1 Å². The predicted octanol–water partition coefficient (Wildman–Crippen LogP) is 3.18. The molecule has 1 amide bonds. The molecule has 0 N–H and O–H groups in total. The summed E-state index contributed by atoms with van der Waals surface area (Å²) in [5.74, 6) is -0.951. The summed E-state index contributed by atoms with van der Waals surface area (Å²) in [7, 11) is 0. The van der Waals surface area contributed by atoms with E-state index < -0.39 is 11.8 Å². The van der Waals surface area contributed by atoms with Gasteiger partial charge in [0.05, 0.1) is 17.2 Å². The van der Waals surface area contributed by atoms with Crippen molar-refractivity contribution in [1.29, 1.82) is 5.26 Å². The minimum Gasteiger partial charge on any atom is -0.457 e. The SMILES string of the molecule is N#Cc1ccc(F)c(COC(=O)c2ccc(CN3CCCC3=O)cc2)c1. The second kappa shape index (κ2) is 7.79. The molecule has 1 fully saturated rings. The number of ether oxygens (including phenoxy) is 1. The van der Waals surface area contributed by atoms with Crippen molar-refractivity contribution in [1.82, 2.24) is 4.90 Å². The number of hydrogen-bond donors (Lipinski definition) is 0. The van der Waals surface area contributed by atoms with Gasteiger partial charge in [-0.2, -0.15) is 5.26 Å². The number of esters is 1. The first-order valence-electron chi connectivity index (χ1n) is 8.29. The molecule has 1 heterocycles. The number of likely N-dealkylation sites (tertiary alicyclic amines) is 1. The smallest absolute Gasteiger partial charge is 0.338 e. The van der Waals surface area contributed by atoms with Gasteiger partial charge in [-0.3, -0.25) is 4.79 Å². The Kier molecular flexibility index (Phi) is 5.28. The Morgan fingerprint density at radius 3 is 2.65 bits per heavy atom. The first kappa shape index (κ1) is 17.6. The third kappa shape index (κ3) is 4.06. The van der Waals surface area contributed by atoms with Crippen LogP contribution in [-0.2, 0) is 22.7 Å². The molecule has 0 bridgehead atoms. The molecule has 0 spiro atoms. The molecule has 2 aromatic rings. The Bertz CT molecular complexity index is 872. The van der Waals surface area contributed by atoms with Crippen LogP contribution in [0.25, 0.3) is 0 Å². The highest BCUT2D eigenvalue weighted by molar-refractivity contribution is 5.89. The largest absolute Gasteiger partial charge is 0.457 e. The summed E-state index contributed by atoms with van der Waals surface area (Å²) in [5, 5.41) is 8.85. The van der Waals surface area contributed by atoms with Crippen molar-refractivity contribution >= 4 is 11.9 Å². The number of benzene rings is 2. The van der Waals surface area contributed by atoms with Gasteiger partial charge in [-0.15, -0.1) is 0 Å². The lowest BCUT2D eigenvalue weighted by Gasteiger charge is -2.15. The number of rotatable bonds is 5. The molecule has 0 radical (unpaired) electrons. The molecule has 0 aliphatic carbocycles. The van der Waals surface area contributed by atoms with E-state index in [-0.39, 0.29) is 18.1 Å². The van der Waals surface area contributed by atoms with Crippen molar-refractivity contribution in [3.05, 3.63) is 70.5 Å². The van der Waals surface area contributed by atoms with Crippen molar-refractivity contribution in [2.75, 3.05) is 6.54 Å². The Hall–Kier alpha value is -3.20. The summed E-state index contributed by atoms with van der Waals surface area (Å²) in [6.07, 6.45) is 1.47. The van der Waals surface area contributed by atoms with Crippen LogP contribution in [0.1, 0.15) is 39.9 Å². The molecule has 0 atom stereocenters. The van der Waals surface area contributed by atoms with Crippen LogP contribution < -0.4 is 0 Å². The zero-order chi connectivity index (χ0) is 18.5. The molecule has 2 aromatic carbocycles. The fourth-order valence-electron chi connectivity index (χ4n) is 2.82. The van der Waals surface area contributed by atoms with Crippen molar-refractivity contribution in [2.45, 2.75) is 26.0 Å². The number of hydrogen-bond acceptors (Lipinski definition) is 4. The van der Waals surface area contributed by atoms with Crippen molar-refractivity contribution in [3.8, 4) is 6.07 Å². The maximum Gasteiger partial charge on any atom is 0.338 e. The van der Waals surface area contributed by atoms with Gasteiger partial charge in [0.15, 0.2) is 0 Å². The highest BCUT2D eigenvalue weighted by Gasteiger charge is 2.20. The van der Waals surface area contributed by atoms with Crippen LogP contribution in [-0.4, -0.2) is 23.3 Å². The van der Waals surface area contributed by atoms with Crippen LogP contribution in [0.15, 0.2) is 42.5 Å². The summed E-state index contributed by atoms with van der Waals surface area (Å²) in [6, 6.07) is 12.6. The monoisotopic (exact) mass is 352 g/mol. The second-order valence-corrected chi connectivity index (χ2v) is 6.11. The number of nitriles is 1. The van der Waals surface area contributed by atoms with Crippen molar-refractivity contribution in [3.63, 3.8) is 0 Å². The molecule has 132 valence electrons. The lowest BCUT2D eigenvalue weighted by Crippen LogP contribution is -2.23. The third-order valence-electron chi connectivity index (χ3n) is 4.27. The van der Waals surface area contributed by atoms with Gasteiger partial charge in [0.2, 0.25) is 5.91 Å². The Morgan fingerprint density at radius 1 is 1.23 bits per heavy atom. The zero-order valence-electron chi connectivity index (χ0n) is 14.1. The van der Waals surface area contributed by atoms with Crippen LogP contribution in [0.5, 0.6) is 0 Å². The Balaban J connectivity index is 1.60. The highest BCUT2D eigenvalue weighted by Crippen LogP contribution is 2.16. The van der Waals surface area contributed by atoms with E-state index in [0.29, 0.717) is 24.1 Å². The minimum absolute atomic E-state index is 0.148. The van der Waals surface area contributed by atoms with Gasteiger partial charge in [0.25, 0.3) is 0 Å². The maximum atomic E-state index is 13.7. The molecule has 0 saturated carbocycles. The summed E-state index contributed by atoms with van der Waals surface area (Å²) >= 11 is 0. The first-order chi connectivity index (χ1) is 12.6. The number of amides is 1. The molecule has 1 saturated heterocycles. The van der Waals surface area contributed by atoms with Gasteiger partial charge in [-0.05, 0) is 42.3 Å². The van der Waals surface area contributed by atoms with E-state index in [1.807, 2.05) is 6.07 Å². The number of carbonyl (C=O) groups excluding carboxylic acids is 2. The molecule has 1 aliphatic heterocycles. The van der Waals surface area contributed by atoms with Crippen LogP contribution in [0, 0.1) is 17.1 Å². The molecular weight excluding hydrogens is 335 g/mol. The normalized spacial score (nSPS) is 13.5. The van der Waals surface area contributed by atoms with Crippen LogP contribution in [0.3, 0.4) is 0 Å². The summed E-state index contributed by atoms with van der Waals surface area (Å²) < 4.78 is 18.8. The quantitative estimate of drug-likeness (QED) is 0.775. The molecule has 26 heavy (non-hydrogen) atoms. The molecule has 3 rings (SSSR count). The zero-order valence-corrected chi connectivity index (χ0v) is 14.1. The van der Waals surface area contributed by atoms with Gasteiger partial charge in [0.1, 0.15) is 12.4 Å². The number of carbonyl (C=O) groups is 2. The van der Waals surface area contributed by atoms with E-state index in [0.717, 1.165) is 18.5 Å². The molecule has 1 aliphatic rings. The molecule has 5 nitrogen and oxygen atoms in total. The fraction of sp³-hybridized carbons (Fsp3) is 0.250. The average Bonchev–Trinajstić information content (AvgIpc) is 3.06. The summed E-state index contributed by atoms with van der Waals surface area (Å²) in [6.45, 7) is 1.04. The van der Waals surface area contributed by atoms with E-state index in [4.69, 9.17) is 10.00 Å². The third-order valence-corrected chi connectivity index (χ3v) is 4.27. The van der Waals surface area contributed by atoms with E-state index in [1.54, 1.807) is 29.2 Å². The predicted molar refractivity (Wildman–Crippen MR) is 91.3 cm³/mol. The van der Waals surface area contributed by atoms with E-state index in [2.05, 4.69) is 0 Å². The number of halogens is 1. The lowest BCUT2D eigenvalue weighted by molar-refractivity contribution is -0.128. The standard InChI is InChI=1S/C20H17FN2O3/c21-18-8-5-15(11-22)10-17(18)13-26-20(25)16-6-3-14(4-7-16)12-23-9-1-2-19(23)24/h3-8,10H,1-2,9,12-13H2.